The number of nitrogens with one attached hydrogen (secondary N) is 2. The second-order valence-electron chi connectivity index (χ2n) is 3.51. The molecule has 3 nitrogen and oxygen atoms in total. The molecule has 1 heterocycles. The van der Waals surface area contributed by atoms with Crippen LogP contribution < -0.4 is 10.6 Å². The molecule has 1 aromatic carbocycles. The zero-order valence-corrected chi connectivity index (χ0v) is 9.93. The quantitative estimate of drug-likeness (QED) is 0.841. The maximum atomic E-state index is 11.0. The van der Waals surface area contributed by atoms with Gasteiger partial charge in [0.1, 0.15) is 0 Å². The van der Waals surface area contributed by atoms with Gasteiger partial charge >= 0.3 is 6.03 Å². The van der Waals surface area contributed by atoms with Gasteiger partial charge in [0.25, 0.3) is 0 Å². The van der Waals surface area contributed by atoms with Crippen LogP contribution in [0.5, 0.6) is 0 Å². The Morgan fingerprint density at radius 1 is 1.38 bits per heavy atom. The van der Waals surface area contributed by atoms with Gasteiger partial charge in [0.2, 0.25) is 0 Å². The third-order valence-electron chi connectivity index (χ3n) is 2.47. The Morgan fingerprint density at radius 3 is 3.00 bits per heavy atom. The van der Waals surface area contributed by atoms with Crippen LogP contribution in [0.3, 0.4) is 0 Å². The average molecular weight is 234 g/mol. The summed E-state index contributed by atoms with van der Waals surface area (Å²) in [5, 5.41) is 8.78. The first-order chi connectivity index (χ1) is 7.81. The highest BCUT2D eigenvalue weighted by Crippen LogP contribution is 2.25. The van der Waals surface area contributed by atoms with Gasteiger partial charge in [0.15, 0.2) is 0 Å². The molecule has 0 atom stereocenters. The minimum atomic E-state index is -0.125. The van der Waals surface area contributed by atoms with Gasteiger partial charge < -0.3 is 10.6 Å². The molecule has 0 aliphatic rings. The predicted octanol–water partition coefficient (Wildman–Crippen LogP) is 2.37. The van der Waals surface area contributed by atoms with Crippen molar-refractivity contribution < 1.29 is 4.79 Å². The smallest absolute Gasteiger partial charge is 0.314 e. The van der Waals surface area contributed by atoms with Crippen LogP contribution in [0.1, 0.15) is 5.56 Å². The van der Waals surface area contributed by atoms with E-state index in [1.807, 2.05) is 12.1 Å². The van der Waals surface area contributed by atoms with E-state index in [1.54, 1.807) is 18.4 Å². The van der Waals surface area contributed by atoms with Crippen LogP contribution in [0.2, 0.25) is 0 Å². The highest BCUT2D eigenvalue weighted by atomic mass is 32.1. The van der Waals surface area contributed by atoms with E-state index in [0.29, 0.717) is 6.54 Å². The normalized spacial score (nSPS) is 10.3. The molecule has 0 aliphatic carbocycles. The van der Waals surface area contributed by atoms with Crippen molar-refractivity contribution >= 4 is 27.5 Å². The summed E-state index contributed by atoms with van der Waals surface area (Å²) >= 11 is 1.75. The first-order valence-corrected chi connectivity index (χ1v) is 6.10. The van der Waals surface area contributed by atoms with Crippen LogP contribution in [0.25, 0.3) is 10.1 Å². The van der Waals surface area contributed by atoms with Crippen LogP contribution in [0, 0.1) is 0 Å². The monoisotopic (exact) mass is 234 g/mol. The first-order valence-electron chi connectivity index (χ1n) is 5.22. The van der Waals surface area contributed by atoms with Crippen LogP contribution in [-0.2, 0) is 6.42 Å². The molecule has 2 aromatic rings. The van der Waals surface area contributed by atoms with Crippen molar-refractivity contribution in [1.82, 2.24) is 10.6 Å². The van der Waals surface area contributed by atoms with Gasteiger partial charge in [-0.15, -0.1) is 11.3 Å². The maximum Gasteiger partial charge on any atom is 0.314 e. The molecular formula is C12H14N2OS. The van der Waals surface area contributed by atoms with Gasteiger partial charge in [-0.25, -0.2) is 4.79 Å². The summed E-state index contributed by atoms with van der Waals surface area (Å²) < 4.78 is 1.30. The van der Waals surface area contributed by atoms with Crippen molar-refractivity contribution in [3.05, 3.63) is 35.2 Å². The number of benzene rings is 1. The van der Waals surface area contributed by atoms with Crippen molar-refractivity contribution in [2.24, 2.45) is 0 Å². The fraction of sp³-hybridized carbons (Fsp3) is 0.250. The summed E-state index contributed by atoms with van der Waals surface area (Å²) in [7, 11) is 1.62. The van der Waals surface area contributed by atoms with Crippen molar-refractivity contribution in [3.63, 3.8) is 0 Å². The lowest BCUT2D eigenvalue weighted by atomic mass is 10.1. The molecule has 2 N–H and O–H groups in total. The predicted molar refractivity (Wildman–Crippen MR) is 68.0 cm³/mol. The van der Waals surface area contributed by atoms with Crippen molar-refractivity contribution in [2.75, 3.05) is 13.6 Å². The molecule has 0 saturated carbocycles. The topological polar surface area (TPSA) is 41.1 Å². The fourth-order valence-corrected chi connectivity index (χ4v) is 2.62. The van der Waals surface area contributed by atoms with Gasteiger partial charge in [0.05, 0.1) is 0 Å². The van der Waals surface area contributed by atoms with E-state index in [2.05, 4.69) is 28.1 Å². The molecule has 0 spiro atoms. The molecule has 0 aliphatic heterocycles. The Labute approximate surface area is 98.5 Å². The zero-order chi connectivity index (χ0) is 11.4. The van der Waals surface area contributed by atoms with E-state index in [0.717, 1.165) is 6.42 Å². The molecule has 1 aromatic heterocycles. The molecule has 2 amide bonds. The lowest BCUT2D eigenvalue weighted by Crippen LogP contribution is -2.33. The van der Waals surface area contributed by atoms with Crippen LogP contribution in [0.4, 0.5) is 4.79 Å². The molecule has 16 heavy (non-hydrogen) atoms. The highest BCUT2D eigenvalue weighted by molar-refractivity contribution is 7.17. The fourth-order valence-electron chi connectivity index (χ4n) is 1.63. The summed E-state index contributed by atoms with van der Waals surface area (Å²) in [4.78, 5) is 11.0. The molecule has 0 radical (unpaired) electrons. The molecular weight excluding hydrogens is 220 g/mol. The Bertz CT molecular complexity index is 492. The molecule has 0 saturated heterocycles. The number of amides is 2. The van der Waals surface area contributed by atoms with E-state index in [9.17, 15) is 4.79 Å². The Kier molecular flexibility index (Phi) is 3.41. The number of rotatable bonds is 3. The number of fused-ring (bicyclic) bond motifs is 1. The van der Waals surface area contributed by atoms with Gasteiger partial charge in [-0.2, -0.15) is 0 Å². The van der Waals surface area contributed by atoms with E-state index in [-0.39, 0.29) is 6.03 Å². The lowest BCUT2D eigenvalue weighted by Gasteiger charge is -2.03. The standard InChI is InChI=1S/C12H14N2OS/c1-13-12(15)14-7-6-9-8-16-11-5-3-2-4-10(9)11/h2-5,8H,6-7H2,1H3,(H2,13,14,15). The Hall–Kier alpha value is -1.55. The van der Waals surface area contributed by atoms with E-state index >= 15 is 0 Å². The number of hydrogen-bond donors (Lipinski definition) is 2. The number of thiophene rings is 1. The Balaban J connectivity index is 2.02. The van der Waals surface area contributed by atoms with Crippen molar-refractivity contribution in [3.8, 4) is 0 Å². The van der Waals surface area contributed by atoms with Gasteiger partial charge in [-0.1, -0.05) is 18.2 Å². The van der Waals surface area contributed by atoms with Crippen molar-refractivity contribution in [2.45, 2.75) is 6.42 Å². The summed E-state index contributed by atoms with van der Waals surface area (Å²) in [5.41, 5.74) is 1.30. The SMILES string of the molecule is CNC(=O)NCCc1csc2ccccc12. The molecule has 0 bridgehead atoms. The number of carbonyl (C=O) groups is 1. The number of hydrogen-bond acceptors (Lipinski definition) is 2. The van der Waals surface area contributed by atoms with Crippen LogP contribution in [0.15, 0.2) is 29.6 Å². The second-order valence-corrected chi connectivity index (χ2v) is 4.42. The summed E-state index contributed by atoms with van der Waals surface area (Å²) in [6, 6.07) is 8.21. The second kappa shape index (κ2) is 4.99. The van der Waals surface area contributed by atoms with Gasteiger partial charge in [0, 0.05) is 18.3 Å². The third-order valence-corrected chi connectivity index (χ3v) is 3.48. The molecule has 0 fully saturated rings. The Morgan fingerprint density at radius 2 is 2.19 bits per heavy atom. The van der Waals surface area contributed by atoms with Gasteiger partial charge in [-0.05, 0) is 28.8 Å². The molecule has 2 rings (SSSR count). The third kappa shape index (κ3) is 2.33. The zero-order valence-electron chi connectivity index (χ0n) is 9.12. The molecule has 84 valence electrons. The highest BCUT2D eigenvalue weighted by Gasteiger charge is 2.03. The molecule has 0 unspecified atom stereocenters. The minimum absolute atomic E-state index is 0.125. The van der Waals surface area contributed by atoms with E-state index in [4.69, 9.17) is 0 Å². The maximum absolute atomic E-state index is 11.0. The van der Waals surface area contributed by atoms with E-state index < -0.39 is 0 Å². The lowest BCUT2D eigenvalue weighted by molar-refractivity contribution is 0.243. The van der Waals surface area contributed by atoms with E-state index in [1.165, 1.54) is 15.6 Å². The molecule has 4 heteroatoms. The summed E-state index contributed by atoms with van der Waals surface area (Å²) in [6.07, 6.45) is 0.872. The van der Waals surface area contributed by atoms with Crippen LogP contribution in [-0.4, -0.2) is 19.6 Å². The average Bonchev–Trinajstić information content (AvgIpc) is 2.73. The first kappa shape index (κ1) is 11.0. The van der Waals surface area contributed by atoms with Crippen molar-refractivity contribution in [1.29, 1.82) is 0 Å². The minimum Gasteiger partial charge on any atom is -0.341 e. The largest absolute Gasteiger partial charge is 0.341 e. The number of carbonyl (C=O) groups excluding carboxylic acids is 1. The summed E-state index contributed by atoms with van der Waals surface area (Å²) in [6.45, 7) is 0.667. The number of urea groups is 1. The van der Waals surface area contributed by atoms with Crippen LogP contribution >= 0.6 is 11.3 Å². The van der Waals surface area contributed by atoms with Gasteiger partial charge in [-0.3, -0.25) is 0 Å². The summed E-state index contributed by atoms with van der Waals surface area (Å²) in [5.74, 6) is 0.